The summed E-state index contributed by atoms with van der Waals surface area (Å²) in [6.07, 6.45) is 0.622. The van der Waals surface area contributed by atoms with Gasteiger partial charge in [-0.25, -0.2) is 18.5 Å². The Morgan fingerprint density at radius 2 is 1.88 bits per heavy atom. The Bertz CT molecular complexity index is 1050. The molecular weight excluding hydrogens is 399 g/mol. The lowest BCUT2D eigenvalue weighted by molar-refractivity contribution is 0.598. The molecule has 8 heteroatoms. The van der Waals surface area contributed by atoms with Gasteiger partial charge in [0.2, 0.25) is 10.0 Å². The van der Waals surface area contributed by atoms with Crippen molar-refractivity contribution >= 4 is 44.6 Å². The molecule has 0 bridgehead atoms. The van der Waals surface area contributed by atoms with Gasteiger partial charge in [-0.2, -0.15) is 0 Å². The zero-order valence-electron chi connectivity index (χ0n) is 13.2. The largest absolute Gasteiger partial charge is 0.241 e. The Labute approximate surface area is 160 Å². The molecule has 0 saturated carbocycles. The summed E-state index contributed by atoms with van der Waals surface area (Å²) in [5, 5.41) is 7.14. The summed E-state index contributed by atoms with van der Waals surface area (Å²) >= 11 is 13.6. The van der Waals surface area contributed by atoms with E-state index < -0.39 is 10.0 Å². The number of aryl methyl sites for hydroxylation is 1. The predicted octanol–water partition coefficient (Wildman–Crippen LogP) is 4.66. The second-order valence-corrected chi connectivity index (χ2v) is 9.17. The lowest BCUT2D eigenvalue weighted by Crippen LogP contribution is -2.11. The van der Waals surface area contributed by atoms with E-state index in [0.717, 1.165) is 26.7 Å². The van der Waals surface area contributed by atoms with E-state index in [-0.39, 0.29) is 4.90 Å². The average molecular weight is 413 g/mol. The highest BCUT2D eigenvalue weighted by molar-refractivity contribution is 7.89. The summed E-state index contributed by atoms with van der Waals surface area (Å²) in [4.78, 5) is 5.73. The van der Waals surface area contributed by atoms with E-state index in [1.54, 1.807) is 29.5 Å². The number of nitrogens with zero attached hydrogens (tertiary/aromatic N) is 1. The van der Waals surface area contributed by atoms with Crippen LogP contribution in [0.2, 0.25) is 10.0 Å². The van der Waals surface area contributed by atoms with E-state index in [4.69, 9.17) is 28.3 Å². The van der Waals surface area contributed by atoms with Crippen molar-refractivity contribution in [1.82, 2.24) is 4.98 Å². The van der Waals surface area contributed by atoms with Gasteiger partial charge in [0.15, 0.2) is 0 Å². The number of thiazole rings is 1. The SMILES string of the molecule is Cc1sc(Cc2ccc(Cl)c(Cl)c2)nc1-c1cccc(S(N)(=O)=O)c1. The Kier molecular flexibility index (Phi) is 5.18. The van der Waals surface area contributed by atoms with Gasteiger partial charge in [-0.15, -0.1) is 11.3 Å². The van der Waals surface area contributed by atoms with Crippen LogP contribution in [-0.2, 0) is 16.4 Å². The Morgan fingerprint density at radius 1 is 1.12 bits per heavy atom. The number of hydrogen-bond acceptors (Lipinski definition) is 4. The highest BCUT2D eigenvalue weighted by Crippen LogP contribution is 2.31. The molecule has 0 radical (unpaired) electrons. The van der Waals surface area contributed by atoms with Crippen LogP contribution in [0.15, 0.2) is 47.4 Å². The van der Waals surface area contributed by atoms with Crippen LogP contribution in [-0.4, -0.2) is 13.4 Å². The molecule has 0 amide bonds. The van der Waals surface area contributed by atoms with E-state index in [2.05, 4.69) is 4.98 Å². The zero-order chi connectivity index (χ0) is 18.2. The van der Waals surface area contributed by atoms with Gasteiger partial charge >= 0.3 is 0 Å². The van der Waals surface area contributed by atoms with Gasteiger partial charge in [-0.1, -0.05) is 41.4 Å². The van der Waals surface area contributed by atoms with Gasteiger partial charge in [-0.05, 0) is 36.8 Å². The molecule has 3 rings (SSSR count). The normalized spacial score (nSPS) is 11.7. The van der Waals surface area contributed by atoms with Crippen LogP contribution in [0.5, 0.6) is 0 Å². The van der Waals surface area contributed by atoms with Gasteiger partial charge in [0.25, 0.3) is 0 Å². The van der Waals surface area contributed by atoms with Crippen molar-refractivity contribution in [2.45, 2.75) is 18.2 Å². The maximum atomic E-state index is 11.5. The molecular formula is C17H14Cl2N2O2S2. The van der Waals surface area contributed by atoms with E-state index in [9.17, 15) is 8.42 Å². The second kappa shape index (κ2) is 7.05. The van der Waals surface area contributed by atoms with Gasteiger partial charge in [0.1, 0.15) is 0 Å². The molecule has 130 valence electrons. The van der Waals surface area contributed by atoms with Crippen LogP contribution >= 0.6 is 34.5 Å². The number of halogens is 2. The molecule has 25 heavy (non-hydrogen) atoms. The third kappa shape index (κ3) is 4.22. The molecule has 2 N–H and O–H groups in total. The summed E-state index contributed by atoms with van der Waals surface area (Å²) in [5.41, 5.74) is 2.49. The molecule has 0 fully saturated rings. The summed E-state index contributed by atoms with van der Waals surface area (Å²) < 4.78 is 23.1. The van der Waals surface area contributed by atoms with Crippen molar-refractivity contribution in [2.75, 3.05) is 0 Å². The van der Waals surface area contributed by atoms with Crippen molar-refractivity contribution in [3.63, 3.8) is 0 Å². The summed E-state index contributed by atoms with van der Waals surface area (Å²) in [6.45, 7) is 1.95. The fourth-order valence-corrected chi connectivity index (χ4v) is 4.31. The molecule has 3 aromatic rings. The van der Waals surface area contributed by atoms with Crippen molar-refractivity contribution in [3.05, 3.63) is 68.0 Å². The lowest BCUT2D eigenvalue weighted by atomic mass is 10.1. The maximum absolute atomic E-state index is 11.5. The minimum absolute atomic E-state index is 0.0726. The molecule has 0 atom stereocenters. The molecule has 0 aliphatic carbocycles. The lowest BCUT2D eigenvalue weighted by Gasteiger charge is -2.02. The fourth-order valence-electron chi connectivity index (χ4n) is 2.44. The number of rotatable bonds is 4. The third-order valence-electron chi connectivity index (χ3n) is 3.62. The van der Waals surface area contributed by atoms with Gasteiger partial charge in [-0.3, -0.25) is 0 Å². The molecule has 0 unspecified atom stereocenters. The maximum Gasteiger partial charge on any atom is 0.238 e. The first-order valence-electron chi connectivity index (χ1n) is 7.27. The fraction of sp³-hybridized carbons (Fsp3) is 0.118. The molecule has 2 aromatic carbocycles. The number of aromatic nitrogens is 1. The van der Waals surface area contributed by atoms with Crippen molar-refractivity contribution in [3.8, 4) is 11.3 Å². The van der Waals surface area contributed by atoms with Crippen molar-refractivity contribution < 1.29 is 8.42 Å². The number of benzene rings is 2. The average Bonchev–Trinajstić information content (AvgIpc) is 2.91. The number of primary sulfonamides is 1. The Balaban J connectivity index is 1.94. The summed E-state index contributed by atoms with van der Waals surface area (Å²) in [5.74, 6) is 0. The second-order valence-electron chi connectivity index (χ2n) is 5.51. The van der Waals surface area contributed by atoms with E-state index in [0.29, 0.717) is 16.5 Å². The van der Waals surface area contributed by atoms with E-state index in [1.807, 2.05) is 25.1 Å². The third-order valence-corrected chi connectivity index (χ3v) is 6.24. The minimum Gasteiger partial charge on any atom is -0.241 e. The smallest absolute Gasteiger partial charge is 0.238 e. The van der Waals surface area contributed by atoms with Crippen molar-refractivity contribution in [1.29, 1.82) is 0 Å². The molecule has 0 aliphatic heterocycles. The van der Waals surface area contributed by atoms with Crippen LogP contribution in [0.25, 0.3) is 11.3 Å². The number of nitrogens with two attached hydrogens (primary N) is 1. The molecule has 1 heterocycles. The van der Waals surface area contributed by atoms with Crippen LogP contribution < -0.4 is 5.14 Å². The number of sulfonamides is 1. The number of hydrogen-bond donors (Lipinski definition) is 1. The van der Waals surface area contributed by atoms with Crippen LogP contribution in [0.4, 0.5) is 0 Å². The zero-order valence-corrected chi connectivity index (χ0v) is 16.3. The van der Waals surface area contributed by atoms with Crippen LogP contribution in [0.1, 0.15) is 15.4 Å². The Hall–Kier alpha value is -1.44. The van der Waals surface area contributed by atoms with Gasteiger partial charge < -0.3 is 0 Å². The first kappa shape index (κ1) is 18.4. The molecule has 1 aromatic heterocycles. The van der Waals surface area contributed by atoms with Gasteiger partial charge in [0.05, 0.1) is 25.6 Å². The first-order chi connectivity index (χ1) is 11.7. The van der Waals surface area contributed by atoms with Crippen LogP contribution in [0, 0.1) is 6.92 Å². The topological polar surface area (TPSA) is 73.0 Å². The molecule has 4 nitrogen and oxygen atoms in total. The van der Waals surface area contributed by atoms with E-state index in [1.165, 1.54) is 6.07 Å². The van der Waals surface area contributed by atoms with Crippen LogP contribution in [0.3, 0.4) is 0 Å². The first-order valence-corrected chi connectivity index (χ1v) is 10.4. The molecule has 0 saturated heterocycles. The summed E-state index contributed by atoms with van der Waals surface area (Å²) in [7, 11) is -3.75. The summed E-state index contributed by atoms with van der Waals surface area (Å²) in [6, 6.07) is 12.0. The Morgan fingerprint density at radius 3 is 2.56 bits per heavy atom. The van der Waals surface area contributed by atoms with Crippen molar-refractivity contribution in [2.24, 2.45) is 5.14 Å². The quantitative estimate of drug-likeness (QED) is 0.676. The minimum atomic E-state index is -3.75. The highest BCUT2D eigenvalue weighted by atomic mass is 35.5. The van der Waals surface area contributed by atoms with E-state index >= 15 is 0 Å². The molecule has 0 spiro atoms. The standard InChI is InChI=1S/C17H14Cl2N2O2S2/c1-10-17(12-3-2-4-13(9-12)25(20,22)23)21-16(24-10)8-11-5-6-14(18)15(19)7-11/h2-7,9H,8H2,1H3,(H2,20,22,23). The predicted molar refractivity (Wildman–Crippen MR) is 103 cm³/mol. The molecule has 0 aliphatic rings. The highest BCUT2D eigenvalue weighted by Gasteiger charge is 2.14. The monoisotopic (exact) mass is 412 g/mol. The van der Waals surface area contributed by atoms with Gasteiger partial charge in [0, 0.05) is 16.9 Å².